The van der Waals surface area contributed by atoms with Crippen molar-refractivity contribution in [3.8, 4) is 11.1 Å². The van der Waals surface area contributed by atoms with E-state index in [0.29, 0.717) is 18.9 Å². The molecule has 1 heterocycles. The van der Waals surface area contributed by atoms with Gasteiger partial charge >= 0.3 is 6.03 Å². The maximum Gasteiger partial charge on any atom is 0.319 e. The zero-order chi connectivity index (χ0) is 27.0. The van der Waals surface area contributed by atoms with E-state index in [1.807, 2.05) is 36.4 Å². The number of benzene rings is 3. The molecule has 0 radical (unpaired) electrons. The third-order valence-corrected chi connectivity index (χ3v) is 7.84. The molecule has 1 atom stereocenters. The average molecular weight is 556 g/mol. The van der Waals surface area contributed by atoms with Crippen LogP contribution in [0.4, 0.5) is 20.6 Å². The van der Waals surface area contributed by atoms with Crippen LogP contribution in [-0.2, 0) is 20.4 Å². The predicted molar refractivity (Wildman–Crippen MR) is 147 cm³/mol. The first-order chi connectivity index (χ1) is 18.1. The Hall–Kier alpha value is -3.43. The van der Waals surface area contributed by atoms with E-state index in [0.717, 1.165) is 46.8 Å². The monoisotopic (exact) mass is 555 g/mol. The number of nitrogens with zero attached hydrogens (tertiary/aromatic N) is 1. The highest BCUT2D eigenvalue weighted by Gasteiger charge is 2.37. The summed E-state index contributed by atoms with van der Waals surface area (Å²) in [6.45, 7) is 0.433. The highest BCUT2D eigenvalue weighted by molar-refractivity contribution is 7.89. The molecule has 2 N–H and O–H groups in total. The Morgan fingerprint density at radius 2 is 1.84 bits per heavy atom. The van der Waals surface area contributed by atoms with Gasteiger partial charge in [-0.3, -0.25) is 4.79 Å². The number of amides is 3. The molecule has 1 aliphatic carbocycles. The van der Waals surface area contributed by atoms with Crippen molar-refractivity contribution in [1.29, 1.82) is 0 Å². The zero-order valence-electron chi connectivity index (χ0n) is 20.7. The summed E-state index contributed by atoms with van der Waals surface area (Å²) in [5.41, 5.74) is 4.30. The van der Waals surface area contributed by atoms with Crippen LogP contribution in [0.3, 0.4) is 0 Å². The first kappa shape index (κ1) is 26.2. The molecule has 0 bridgehead atoms. The van der Waals surface area contributed by atoms with E-state index in [9.17, 15) is 22.4 Å². The van der Waals surface area contributed by atoms with Gasteiger partial charge in [-0.25, -0.2) is 17.6 Å². The number of rotatable bonds is 7. The fourth-order valence-corrected chi connectivity index (χ4v) is 5.84. The smallest absolute Gasteiger partial charge is 0.319 e. The van der Waals surface area contributed by atoms with Gasteiger partial charge in [0, 0.05) is 23.5 Å². The van der Waals surface area contributed by atoms with Gasteiger partial charge in [0.2, 0.25) is 5.91 Å². The summed E-state index contributed by atoms with van der Waals surface area (Å²) >= 11 is 5.76. The lowest BCUT2D eigenvalue weighted by atomic mass is 9.96. The minimum Gasteiger partial charge on any atom is -0.326 e. The Morgan fingerprint density at radius 3 is 2.55 bits per heavy atom. The lowest BCUT2D eigenvalue weighted by molar-refractivity contribution is -0.118. The second-order valence-corrected chi connectivity index (χ2v) is 12.4. The molecule has 7 nitrogen and oxygen atoms in total. The van der Waals surface area contributed by atoms with Gasteiger partial charge in [-0.2, -0.15) is 0 Å². The van der Waals surface area contributed by atoms with Crippen LogP contribution in [0.1, 0.15) is 36.3 Å². The van der Waals surface area contributed by atoms with Gasteiger partial charge in [0.15, 0.2) is 9.84 Å². The number of anilines is 2. The number of carbonyl (C=O) groups excluding carboxylic acids is 2. The van der Waals surface area contributed by atoms with Crippen molar-refractivity contribution >= 4 is 44.8 Å². The molecule has 10 heteroatoms. The molecule has 3 amide bonds. The van der Waals surface area contributed by atoms with E-state index in [4.69, 9.17) is 11.6 Å². The maximum absolute atomic E-state index is 14.0. The molecule has 3 aromatic carbocycles. The molecule has 0 spiro atoms. The molecular formula is C28H27ClFN3O4S. The van der Waals surface area contributed by atoms with Crippen molar-refractivity contribution in [2.24, 2.45) is 0 Å². The largest absolute Gasteiger partial charge is 0.326 e. The van der Waals surface area contributed by atoms with E-state index in [-0.39, 0.29) is 22.4 Å². The van der Waals surface area contributed by atoms with E-state index >= 15 is 0 Å². The van der Waals surface area contributed by atoms with Crippen LogP contribution >= 0.6 is 11.6 Å². The number of hydrogen-bond acceptors (Lipinski definition) is 4. The van der Waals surface area contributed by atoms with Crippen molar-refractivity contribution < 1.29 is 22.4 Å². The zero-order valence-corrected chi connectivity index (χ0v) is 22.3. The molecule has 2 aliphatic rings. The molecule has 1 aliphatic heterocycles. The van der Waals surface area contributed by atoms with Crippen molar-refractivity contribution in [2.75, 3.05) is 23.0 Å². The van der Waals surface area contributed by atoms with Crippen LogP contribution in [0, 0.1) is 5.82 Å². The predicted octanol–water partition coefficient (Wildman–Crippen LogP) is 5.50. The molecule has 1 saturated carbocycles. The van der Waals surface area contributed by atoms with Gasteiger partial charge in [0.1, 0.15) is 11.9 Å². The number of sulfone groups is 1. The van der Waals surface area contributed by atoms with Crippen LogP contribution in [0.25, 0.3) is 11.1 Å². The number of carbonyl (C=O) groups is 2. The molecule has 5 rings (SSSR count). The minimum absolute atomic E-state index is 0.0306. The van der Waals surface area contributed by atoms with Gasteiger partial charge < -0.3 is 15.5 Å². The van der Waals surface area contributed by atoms with Gasteiger partial charge in [-0.15, -0.1) is 0 Å². The summed E-state index contributed by atoms with van der Waals surface area (Å²) in [5, 5.41) is 5.29. The highest BCUT2D eigenvalue weighted by Crippen LogP contribution is 2.46. The average Bonchev–Trinajstić information content (AvgIpc) is 3.64. The second-order valence-electron chi connectivity index (χ2n) is 9.83. The van der Waals surface area contributed by atoms with Gasteiger partial charge in [0.25, 0.3) is 0 Å². The first-order valence-electron chi connectivity index (χ1n) is 12.3. The van der Waals surface area contributed by atoms with Gasteiger partial charge in [-0.1, -0.05) is 41.9 Å². The summed E-state index contributed by atoms with van der Waals surface area (Å²) in [4.78, 5) is 27.5. The molecule has 198 valence electrons. The summed E-state index contributed by atoms with van der Waals surface area (Å²) in [5.74, 6) is -0.630. The summed E-state index contributed by atoms with van der Waals surface area (Å²) in [7, 11) is -3.21. The number of halogens is 2. The Labute approximate surface area is 225 Å². The Morgan fingerprint density at radius 1 is 1.08 bits per heavy atom. The van der Waals surface area contributed by atoms with Crippen molar-refractivity contribution in [3.63, 3.8) is 0 Å². The van der Waals surface area contributed by atoms with Crippen LogP contribution < -0.4 is 15.5 Å². The van der Waals surface area contributed by atoms with Crippen LogP contribution in [-0.4, -0.2) is 39.2 Å². The van der Waals surface area contributed by atoms with E-state index < -0.39 is 27.7 Å². The van der Waals surface area contributed by atoms with E-state index in [2.05, 4.69) is 16.7 Å². The topological polar surface area (TPSA) is 95.6 Å². The number of hydrogen-bond donors (Lipinski definition) is 2. The van der Waals surface area contributed by atoms with Crippen molar-refractivity contribution in [2.45, 2.75) is 37.0 Å². The van der Waals surface area contributed by atoms with Crippen LogP contribution in [0.2, 0.25) is 5.02 Å². The van der Waals surface area contributed by atoms with Gasteiger partial charge in [0.05, 0.1) is 11.4 Å². The molecule has 0 aromatic heterocycles. The molecule has 2 fully saturated rings. The molecule has 38 heavy (non-hydrogen) atoms. The Kier molecular flexibility index (Phi) is 7.15. The molecule has 0 unspecified atom stereocenters. The molecular weight excluding hydrogens is 529 g/mol. The van der Waals surface area contributed by atoms with Gasteiger partial charge in [-0.05, 0) is 77.8 Å². The number of nitrogens with one attached hydrogen (secondary N) is 2. The Balaban J connectivity index is 1.35. The fraction of sp³-hybridized carbons (Fsp3) is 0.286. The lowest BCUT2D eigenvalue weighted by Crippen LogP contribution is -2.43. The SMILES string of the molecule is CS(=O)(=O)Cc1ccccc1-c1ccc(N2CC[C@@H](NC(=O)Nc3ccc(Cl)cc3F)C2=O)c(C2CC2)c1. The summed E-state index contributed by atoms with van der Waals surface area (Å²) in [6, 6.07) is 15.8. The van der Waals surface area contributed by atoms with Crippen LogP contribution in [0.15, 0.2) is 60.7 Å². The molecule has 1 saturated heterocycles. The van der Waals surface area contributed by atoms with Crippen molar-refractivity contribution in [3.05, 3.63) is 82.6 Å². The normalized spacial score (nSPS) is 17.5. The Bertz CT molecular complexity index is 1520. The van der Waals surface area contributed by atoms with Crippen molar-refractivity contribution in [1.82, 2.24) is 5.32 Å². The summed E-state index contributed by atoms with van der Waals surface area (Å²) < 4.78 is 38.0. The number of urea groups is 1. The minimum atomic E-state index is -3.21. The fourth-order valence-electron chi connectivity index (χ4n) is 4.86. The summed E-state index contributed by atoms with van der Waals surface area (Å²) in [6.07, 6.45) is 3.66. The van der Waals surface area contributed by atoms with E-state index in [1.165, 1.54) is 18.4 Å². The third-order valence-electron chi connectivity index (χ3n) is 6.77. The van der Waals surface area contributed by atoms with Crippen LogP contribution in [0.5, 0.6) is 0 Å². The maximum atomic E-state index is 14.0. The third kappa shape index (κ3) is 5.84. The standard InChI is InChI=1S/C28H27ClFN3O4S/c1-38(36,37)16-19-4-2-3-5-21(19)18-8-11-26(22(14-18)17-6-7-17)33-13-12-25(27(33)34)32-28(35)31-24-10-9-20(29)15-23(24)30/h2-5,8-11,14-15,17,25H,6-7,12-13,16H2,1H3,(H2,31,32,35)/t25-/m1/s1. The highest BCUT2D eigenvalue weighted by atomic mass is 35.5. The van der Waals surface area contributed by atoms with E-state index in [1.54, 1.807) is 4.90 Å². The lowest BCUT2D eigenvalue weighted by Gasteiger charge is -2.22. The molecule has 3 aromatic rings. The second kappa shape index (κ2) is 10.4. The quantitative estimate of drug-likeness (QED) is 0.403. The first-order valence-corrected chi connectivity index (χ1v) is 14.8.